The molecule has 0 aromatic carbocycles. The van der Waals surface area contributed by atoms with Gasteiger partial charge in [-0.1, -0.05) is 19.8 Å². The summed E-state index contributed by atoms with van der Waals surface area (Å²) in [7, 11) is 0. The molecule has 1 atom stereocenters. The second-order valence-corrected chi connectivity index (χ2v) is 6.15. The van der Waals surface area contributed by atoms with E-state index in [0.29, 0.717) is 19.2 Å². The summed E-state index contributed by atoms with van der Waals surface area (Å²) in [4.78, 5) is 26.6. The van der Waals surface area contributed by atoms with Crippen LogP contribution in [0, 0.1) is 5.41 Å². The second-order valence-electron chi connectivity index (χ2n) is 6.15. The van der Waals surface area contributed by atoms with Gasteiger partial charge in [0.15, 0.2) is 5.78 Å². The maximum Gasteiger partial charge on any atom is 0.319 e. The first kappa shape index (κ1) is 17.2. The summed E-state index contributed by atoms with van der Waals surface area (Å²) in [5.41, 5.74) is -1.04. The highest BCUT2D eigenvalue weighted by Crippen LogP contribution is 2.23. The van der Waals surface area contributed by atoms with Gasteiger partial charge in [-0.3, -0.25) is 14.5 Å². The molecule has 0 spiro atoms. The van der Waals surface area contributed by atoms with Crippen LogP contribution in [0.3, 0.4) is 0 Å². The zero-order valence-corrected chi connectivity index (χ0v) is 13.4. The fourth-order valence-electron chi connectivity index (χ4n) is 2.71. The zero-order valence-electron chi connectivity index (χ0n) is 13.4. The molecule has 1 heterocycles. The Kier molecular flexibility index (Phi) is 6.66. The summed E-state index contributed by atoms with van der Waals surface area (Å²) in [5, 5.41) is 0. The van der Waals surface area contributed by atoms with E-state index in [-0.39, 0.29) is 5.78 Å². The van der Waals surface area contributed by atoms with E-state index in [0.717, 1.165) is 25.8 Å². The van der Waals surface area contributed by atoms with Gasteiger partial charge in [0.05, 0.1) is 13.2 Å². The number of rotatable bonds is 6. The molecule has 1 aliphatic rings. The third-order valence-electron chi connectivity index (χ3n) is 4.30. The second kappa shape index (κ2) is 7.77. The number of hydrogen-bond donors (Lipinski definition) is 0. The minimum Gasteiger partial charge on any atom is -0.465 e. The minimum atomic E-state index is -1.04. The topological polar surface area (TPSA) is 46.6 Å². The number of Topliss-reactive ketones (excluding diaryl/α,β-unsaturated/α-hetero) is 1. The van der Waals surface area contributed by atoms with Crippen molar-refractivity contribution in [3.63, 3.8) is 0 Å². The standard InChI is InChI=1S/C16H29NO3/c1-5-13-10-8-7-9-11-17(13)12-14(18)16(3,4)15(19)20-6-2/h13H,5-12H2,1-4H3. The van der Waals surface area contributed by atoms with E-state index in [2.05, 4.69) is 11.8 Å². The van der Waals surface area contributed by atoms with E-state index in [9.17, 15) is 9.59 Å². The van der Waals surface area contributed by atoms with Crippen LogP contribution in [0.15, 0.2) is 0 Å². The Balaban J connectivity index is 2.69. The molecule has 116 valence electrons. The largest absolute Gasteiger partial charge is 0.465 e. The lowest BCUT2D eigenvalue weighted by Gasteiger charge is -2.31. The summed E-state index contributed by atoms with van der Waals surface area (Å²) >= 11 is 0. The Morgan fingerprint density at radius 3 is 2.50 bits per heavy atom. The number of carbonyl (C=O) groups excluding carboxylic acids is 2. The molecule has 0 N–H and O–H groups in total. The summed E-state index contributed by atoms with van der Waals surface area (Å²) in [5.74, 6) is -0.441. The smallest absolute Gasteiger partial charge is 0.319 e. The van der Waals surface area contributed by atoms with Crippen LogP contribution in [-0.4, -0.2) is 42.4 Å². The van der Waals surface area contributed by atoms with Crippen molar-refractivity contribution in [2.75, 3.05) is 19.7 Å². The van der Waals surface area contributed by atoms with Gasteiger partial charge in [-0.05, 0) is 46.6 Å². The van der Waals surface area contributed by atoms with Gasteiger partial charge in [0, 0.05) is 6.04 Å². The molecular weight excluding hydrogens is 254 g/mol. The molecule has 0 amide bonds. The Morgan fingerprint density at radius 1 is 1.20 bits per heavy atom. The minimum absolute atomic E-state index is 0.0312. The highest BCUT2D eigenvalue weighted by atomic mass is 16.5. The van der Waals surface area contributed by atoms with Crippen molar-refractivity contribution in [2.24, 2.45) is 5.41 Å². The van der Waals surface area contributed by atoms with E-state index in [1.54, 1.807) is 20.8 Å². The van der Waals surface area contributed by atoms with Crippen molar-refractivity contribution in [1.82, 2.24) is 4.90 Å². The van der Waals surface area contributed by atoms with Crippen LogP contribution in [0.5, 0.6) is 0 Å². The van der Waals surface area contributed by atoms with Crippen LogP contribution in [0.25, 0.3) is 0 Å². The summed E-state index contributed by atoms with van der Waals surface area (Å²) < 4.78 is 5.02. The maximum absolute atomic E-state index is 12.5. The number of ether oxygens (including phenoxy) is 1. The molecule has 1 fully saturated rings. The maximum atomic E-state index is 12.5. The lowest BCUT2D eigenvalue weighted by atomic mass is 9.87. The monoisotopic (exact) mass is 283 g/mol. The number of ketones is 1. The van der Waals surface area contributed by atoms with E-state index in [1.165, 1.54) is 12.8 Å². The average molecular weight is 283 g/mol. The van der Waals surface area contributed by atoms with Crippen molar-refractivity contribution in [3.05, 3.63) is 0 Å². The number of nitrogens with zero attached hydrogens (tertiary/aromatic N) is 1. The van der Waals surface area contributed by atoms with Crippen LogP contribution >= 0.6 is 0 Å². The highest BCUT2D eigenvalue weighted by molar-refractivity contribution is 6.03. The SMILES string of the molecule is CCOC(=O)C(C)(C)C(=O)CN1CCCCCC1CC. The molecule has 4 nitrogen and oxygen atoms in total. The molecule has 1 aliphatic heterocycles. The number of hydrogen-bond acceptors (Lipinski definition) is 4. The van der Waals surface area contributed by atoms with Gasteiger partial charge < -0.3 is 4.74 Å². The highest BCUT2D eigenvalue weighted by Gasteiger charge is 2.38. The molecule has 1 saturated heterocycles. The average Bonchev–Trinajstić information content (AvgIpc) is 2.63. The van der Waals surface area contributed by atoms with E-state index < -0.39 is 11.4 Å². The predicted octanol–water partition coefficient (Wildman–Crippen LogP) is 2.80. The Labute approximate surface area is 122 Å². The Hall–Kier alpha value is -0.900. The molecule has 4 heteroatoms. The van der Waals surface area contributed by atoms with Crippen LogP contribution < -0.4 is 0 Å². The number of carbonyl (C=O) groups is 2. The third kappa shape index (κ3) is 4.30. The fourth-order valence-corrected chi connectivity index (χ4v) is 2.71. The van der Waals surface area contributed by atoms with E-state index in [1.807, 2.05) is 0 Å². The normalized spacial score (nSPS) is 21.3. The van der Waals surface area contributed by atoms with E-state index >= 15 is 0 Å². The van der Waals surface area contributed by atoms with Crippen molar-refractivity contribution in [2.45, 2.75) is 65.8 Å². The first-order valence-corrected chi connectivity index (χ1v) is 7.88. The molecule has 0 aliphatic carbocycles. The van der Waals surface area contributed by atoms with Crippen LogP contribution in [-0.2, 0) is 14.3 Å². The molecule has 1 unspecified atom stereocenters. The van der Waals surface area contributed by atoms with Gasteiger partial charge in [0.2, 0.25) is 0 Å². The van der Waals surface area contributed by atoms with Crippen LogP contribution in [0.2, 0.25) is 0 Å². The van der Waals surface area contributed by atoms with Crippen molar-refractivity contribution in [3.8, 4) is 0 Å². The molecule has 0 saturated carbocycles. The number of likely N-dealkylation sites (tertiary alicyclic amines) is 1. The first-order chi connectivity index (χ1) is 9.43. The van der Waals surface area contributed by atoms with Crippen molar-refractivity contribution >= 4 is 11.8 Å². The molecule has 20 heavy (non-hydrogen) atoms. The van der Waals surface area contributed by atoms with Gasteiger partial charge in [0.1, 0.15) is 5.41 Å². The Morgan fingerprint density at radius 2 is 1.90 bits per heavy atom. The van der Waals surface area contributed by atoms with Crippen molar-refractivity contribution < 1.29 is 14.3 Å². The summed E-state index contributed by atoms with van der Waals surface area (Å²) in [6.07, 6.45) is 5.84. The fraction of sp³-hybridized carbons (Fsp3) is 0.875. The Bertz CT molecular complexity index is 339. The molecule has 0 bridgehead atoms. The van der Waals surface area contributed by atoms with E-state index in [4.69, 9.17) is 4.74 Å². The zero-order chi connectivity index (χ0) is 15.2. The summed E-state index contributed by atoms with van der Waals surface area (Å²) in [6.45, 7) is 8.92. The lowest BCUT2D eigenvalue weighted by molar-refractivity contribution is -0.158. The van der Waals surface area contributed by atoms with Gasteiger partial charge in [0.25, 0.3) is 0 Å². The number of esters is 1. The molecular formula is C16H29NO3. The first-order valence-electron chi connectivity index (χ1n) is 7.88. The van der Waals surface area contributed by atoms with Gasteiger partial charge in [-0.25, -0.2) is 0 Å². The third-order valence-corrected chi connectivity index (χ3v) is 4.30. The van der Waals surface area contributed by atoms with Crippen LogP contribution in [0.1, 0.15) is 59.8 Å². The molecule has 1 rings (SSSR count). The lowest BCUT2D eigenvalue weighted by Crippen LogP contribution is -2.45. The van der Waals surface area contributed by atoms with Gasteiger partial charge >= 0.3 is 5.97 Å². The van der Waals surface area contributed by atoms with Gasteiger partial charge in [-0.2, -0.15) is 0 Å². The van der Waals surface area contributed by atoms with Gasteiger partial charge in [-0.15, -0.1) is 0 Å². The quantitative estimate of drug-likeness (QED) is 0.555. The van der Waals surface area contributed by atoms with Crippen molar-refractivity contribution in [1.29, 1.82) is 0 Å². The van der Waals surface area contributed by atoms with Crippen LogP contribution in [0.4, 0.5) is 0 Å². The predicted molar refractivity (Wildman–Crippen MR) is 79.5 cm³/mol. The molecule has 0 aromatic heterocycles. The molecule has 0 radical (unpaired) electrons. The summed E-state index contributed by atoms with van der Waals surface area (Å²) in [6, 6.07) is 0.472. The molecule has 0 aromatic rings.